The molecule has 1 amide bonds. The van der Waals surface area contributed by atoms with E-state index in [1.165, 1.54) is 18.2 Å². The van der Waals surface area contributed by atoms with Gasteiger partial charge in [-0.3, -0.25) is 4.55 Å². The number of nitrogens with one attached hydrogen (secondary N) is 1. The molecule has 3 N–H and O–H groups in total. The Morgan fingerprint density at radius 2 is 1.71 bits per heavy atom. The van der Waals surface area contributed by atoms with Crippen molar-refractivity contribution in [1.82, 2.24) is 9.62 Å². The maximum absolute atomic E-state index is 13.5. The third kappa shape index (κ3) is 11.5. The number of benzene rings is 2. The van der Waals surface area contributed by atoms with Gasteiger partial charge in [-0.2, -0.15) is 12.7 Å². The number of carbonyl (C=O) groups is 1. The van der Waals surface area contributed by atoms with E-state index in [4.69, 9.17) is 18.8 Å². The number of nitrogens with zero attached hydrogens (tertiary/aromatic N) is 1. The van der Waals surface area contributed by atoms with Crippen LogP contribution in [0.3, 0.4) is 0 Å². The Balaban J connectivity index is 0.00000616. The molecule has 0 saturated heterocycles. The van der Waals surface area contributed by atoms with Crippen LogP contribution in [0, 0.1) is 5.92 Å². The predicted octanol–water partition coefficient (Wildman–Crippen LogP) is -2.44. The molecular weight excluding hydrogens is 624 g/mol. The quantitative estimate of drug-likeness (QED) is 0.0981. The molecule has 0 saturated carbocycles. The second kappa shape index (κ2) is 16.5. The fourth-order valence-electron chi connectivity index (χ4n) is 4.02. The Hall–Kier alpha value is -1.51. The standard InChI is InChI=1S/C25H34N2O12S2.K/c1-17(2)14-27(40(31,32)20-8-9-23-24(13-20)38-16-37-23)15-22(28)21(26-25(29)30)12-18-4-6-19(7-5-18)36-10-3-11-39-41(33,34)35;/h4-9,13,17,21-22,26,28H,3,10-12,14-16H2,1-2H3,(H,29,30)(H,33,34,35);/q;+1/p-1/t21-,22+;/m0./s1. The summed E-state index contributed by atoms with van der Waals surface area (Å²) in [5, 5.41) is 24.6. The molecule has 1 aliphatic heterocycles. The number of hydrogen-bond donors (Lipinski definition) is 3. The van der Waals surface area contributed by atoms with Crippen molar-refractivity contribution >= 4 is 26.5 Å². The van der Waals surface area contributed by atoms with Gasteiger partial charge < -0.3 is 34.5 Å². The van der Waals surface area contributed by atoms with Crippen molar-refractivity contribution in [3.63, 3.8) is 0 Å². The second-order valence-corrected chi connectivity index (χ2v) is 12.7. The maximum Gasteiger partial charge on any atom is 1.00 e. The summed E-state index contributed by atoms with van der Waals surface area (Å²) < 4.78 is 78.0. The zero-order valence-corrected chi connectivity index (χ0v) is 28.2. The molecule has 0 unspecified atom stereocenters. The van der Waals surface area contributed by atoms with Crippen molar-refractivity contribution in [1.29, 1.82) is 0 Å². The van der Waals surface area contributed by atoms with E-state index in [-0.39, 0.29) is 107 Å². The summed E-state index contributed by atoms with van der Waals surface area (Å²) in [6.07, 6.45) is -2.87. The number of sulfonamides is 1. The van der Waals surface area contributed by atoms with Gasteiger partial charge in [0, 0.05) is 25.6 Å². The van der Waals surface area contributed by atoms with Crippen molar-refractivity contribution in [2.75, 3.05) is 33.1 Å². The van der Waals surface area contributed by atoms with Gasteiger partial charge in [-0.05, 0) is 42.2 Å². The van der Waals surface area contributed by atoms with Crippen LogP contribution in [0.15, 0.2) is 47.4 Å². The van der Waals surface area contributed by atoms with Gasteiger partial charge in [-0.1, -0.05) is 26.0 Å². The van der Waals surface area contributed by atoms with Crippen LogP contribution >= 0.6 is 0 Å². The van der Waals surface area contributed by atoms with Crippen LogP contribution in [-0.2, 0) is 31.0 Å². The minimum Gasteiger partial charge on any atom is -0.530 e. The third-order valence-electron chi connectivity index (χ3n) is 5.88. The molecule has 2 atom stereocenters. The molecule has 14 nitrogen and oxygen atoms in total. The van der Waals surface area contributed by atoms with Crippen LogP contribution in [0.5, 0.6) is 17.2 Å². The molecule has 0 radical (unpaired) electrons. The first-order valence-corrected chi connectivity index (χ1v) is 15.4. The van der Waals surface area contributed by atoms with Gasteiger partial charge in [0.25, 0.3) is 0 Å². The third-order valence-corrected chi connectivity index (χ3v) is 8.17. The fourth-order valence-corrected chi connectivity index (χ4v) is 5.99. The van der Waals surface area contributed by atoms with E-state index in [9.17, 15) is 31.8 Å². The minimum atomic E-state index is -4.51. The average molecular weight is 657 g/mol. The molecule has 42 heavy (non-hydrogen) atoms. The number of aliphatic hydroxyl groups is 1. The van der Waals surface area contributed by atoms with Gasteiger partial charge in [0.05, 0.1) is 30.3 Å². The number of ether oxygens (including phenoxy) is 3. The summed E-state index contributed by atoms with van der Waals surface area (Å²) in [6, 6.07) is 9.56. The van der Waals surface area contributed by atoms with Crippen LogP contribution in [0.25, 0.3) is 0 Å². The summed E-state index contributed by atoms with van der Waals surface area (Å²) in [7, 11) is -8.62. The van der Waals surface area contributed by atoms with Crippen molar-refractivity contribution in [2.45, 2.75) is 43.7 Å². The molecule has 2 aromatic carbocycles. The van der Waals surface area contributed by atoms with Crippen molar-refractivity contribution in [3.8, 4) is 17.2 Å². The first kappa shape index (κ1) is 36.7. The molecule has 0 aliphatic carbocycles. The zero-order chi connectivity index (χ0) is 30.2. The number of aliphatic hydroxyl groups excluding tert-OH is 1. The molecule has 1 aliphatic rings. The Labute approximate surface area is 287 Å². The van der Waals surface area contributed by atoms with E-state index in [2.05, 4.69) is 9.50 Å². The number of carboxylic acid groups (broad SMARTS) is 1. The van der Waals surface area contributed by atoms with Gasteiger partial charge in [0.1, 0.15) is 11.8 Å². The van der Waals surface area contributed by atoms with Gasteiger partial charge in [-0.25, -0.2) is 12.6 Å². The molecule has 2 aromatic rings. The van der Waals surface area contributed by atoms with Crippen LogP contribution < -0.4 is 76.0 Å². The van der Waals surface area contributed by atoms with E-state index in [1.54, 1.807) is 24.3 Å². The largest absolute Gasteiger partial charge is 1.00 e. The monoisotopic (exact) mass is 656 g/mol. The smallest absolute Gasteiger partial charge is 0.530 e. The molecular formula is C25H33KN2O12S2. The first-order chi connectivity index (χ1) is 19.2. The van der Waals surface area contributed by atoms with Crippen LogP contribution in [0.2, 0.25) is 0 Å². The van der Waals surface area contributed by atoms with Crippen molar-refractivity contribution in [2.24, 2.45) is 5.92 Å². The number of rotatable bonds is 16. The number of fused-ring (bicyclic) bond motifs is 1. The Bertz CT molecular complexity index is 1390. The fraction of sp³-hybridized carbons (Fsp3) is 0.480. The molecule has 0 fully saturated rings. The summed E-state index contributed by atoms with van der Waals surface area (Å²) in [4.78, 5) is 11.4. The van der Waals surface area contributed by atoms with Crippen molar-refractivity contribution < 1.29 is 106 Å². The second-order valence-electron chi connectivity index (χ2n) is 9.64. The van der Waals surface area contributed by atoms with Gasteiger partial charge in [0.2, 0.25) is 16.8 Å². The maximum atomic E-state index is 13.5. The first-order valence-electron chi connectivity index (χ1n) is 12.6. The van der Waals surface area contributed by atoms with Gasteiger partial charge in [-0.15, -0.1) is 0 Å². The average Bonchev–Trinajstić information content (AvgIpc) is 3.35. The summed E-state index contributed by atoms with van der Waals surface area (Å²) in [5.74, 6) is 1.03. The predicted molar refractivity (Wildman–Crippen MR) is 142 cm³/mol. The van der Waals surface area contributed by atoms with E-state index < -0.39 is 45.2 Å². The number of carbonyl (C=O) groups excluding carboxylic acids is 1. The van der Waals surface area contributed by atoms with E-state index in [0.717, 1.165) is 4.31 Å². The molecule has 228 valence electrons. The molecule has 0 aromatic heterocycles. The Kier molecular flexibility index (Phi) is 14.4. The SMILES string of the molecule is CC(C)CN(C[C@@H](O)[C@H](Cc1ccc(OCCCOS(=O)(=O)O)cc1)NC(=O)[O-])S(=O)(=O)c1ccc2c(c1)OCO2.[K+]. The van der Waals surface area contributed by atoms with Crippen LogP contribution in [0.1, 0.15) is 25.8 Å². The molecule has 0 bridgehead atoms. The van der Waals surface area contributed by atoms with E-state index >= 15 is 0 Å². The molecule has 1 heterocycles. The Morgan fingerprint density at radius 1 is 1.05 bits per heavy atom. The zero-order valence-electron chi connectivity index (χ0n) is 23.5. The van der Waals surface area contributed by atoms with E-state index in [1.807, 2.05) is 13.8 Å². The Morgan fingerprint density at radius 3 is 2.33 bits per heavy atom. The number of amides is 1. The van der Waals surface area contributed by atoms with Crippen LogP contribution in [-0.4, -0.2) is 82.1 Å². The van der Waals surface area contributed by atoms with Gasteiger partial charge >= 0.3 is 61.8 Å². The normalized spacial score (nSPS) is 14.3. The summed E-state index contributed by atoms with van der Waals surface area (Å²) in [5.41, 5.74) is 0.610. The summed E-state index contributed by atoms with van der Waals surface area (Å²) >= 11 is 0. The number of hydrogen-bond acceptors (Lipinski definition) is 11. The van der Waals surface area contributed by atoms with Crippen LogP contribution in [0.4, 0.5) is 4.79 Å². The van der Waals surface area contributed by atoms with E-state index in [0.29, 0.717) is 17.1 Å². The topological polar surface area (TPSA) is 201 Å². The van der Waals surface area contributed by atoms with Gasteiger partial charge in [0.15, 0.2) is 11.5 Å². The van der Waals surface area contributed by atoms with Crippen molar-refractivity contribution in [3.05, 3.63) is 48.0 Å². The summed E-state index contributed by atoms with van der Waals surface area (Å²) in [6.45, 7) is 3.12. The molecule has 0 spiro atoms. The molecule has 3 rings (SSSR count). The molecule has 17 heteroatoms. The minimum absolute atomic E-state index is 0.